The first kappa shape index (κ1) is 17.4. The number of anilines is 2. The van der Waals surface area contributed by atoms with Crippen LogP contribution in [0.15, 0.2) is 10.7 Å². The Hall–Kier alpha value is -2.42. The van der Waals surface area contributed by atoms with Crippen molar-refractivity contribution in [1.82, 2.24) is 15.2 Å². The highest BCUT2D eigenvalue weighted by Crippen LogP contribution is 2.40. The average Bonchev–Trinajstić information content (AvgIpc) is 3.04. The number of hydrogen-bond acceptors (Lipinski definition) is 8. The van der Waals surface area contributed by atoms with Gasteiger partial charge in [0.15, 0.2) is 5.52 Å². The van der Waals surface area contributed by atoms with Crippen molar-refractivity contribution in [1.29, 1.82) is 0 Å². The maximum Gasteiger partial charge on any atom is 0.323 e. The molecule has 0 spiro atoms. The summed E-state index contributed by atoms with van der Waals surface area (Å²) in [6.07, 6.45) is 2.05. The molecule has 1 aliphatic heterocycles. The Kier molecular flexibility index (Phi) is 5.03. The number of benzene rings is 1. The smallest absolute Gasteiger partial charge is 0.323 e. The predicted octanol–water partition coefficient (Wildman–Crippen LogP) is 2.34. The van der Waals surface area contributed by atoms with E-state index in [-0.39, 0.29) is 16.1 Å². The number of nitrogens with one attached hydrogen (secondary N) is 1. The van der Waals surface area contributed by atoms with E-state index in [2.05, 4.69) is 32.4 Å². The van der Waals surface area contributed by atoms with Crippen molar-refractivity contribution in [2.45, 2.75) is 19.8 Å². The van der Waals surface area contributed by atoms with E-state index >= 15 is 0 Å². The molecule has 1 saturated heterocycles. The van der Waals surface area contributed by atoms with Crippen LogP contribution in [0.25, 0.3) is 11.0 Å². The third-order valence-electron chi connectivity index (χ3n) is 4.67. The summed E-state index contributed by atoms with van der Waals surface area (Å²) >= 11 is 0. The molecule has 1 aliphatic rings. The Balaban J connectivity index is 2.00. The molecule has 1 aromatic heterocycles. The van der Waals surface area contributed by atoms with Crippen molar-refractivity contribution in [3.63, 3.8) is 0 Å². The Morgan fingerprint density at radius 3 is 2.68 bits per heavy atom. The van der Waals surface area contributed by atoms with Crippen molar-refractivity contribution in [3.8, 4) is 0 Å². The topological polar surface area (TPSA) is 101 Å². The number of nitro groups is 1. The lowest BCUT2D eigenvalue weighted by Crippen LogP contribution is -2.33. The van der Waals surface area contributed by atoms with Crippen LogP contribution >= 0.6 is 0 Å². The van der Waals surface area contributed by atoms with Crippen LogP contribution < -0.4 is 10.2 Å². The van der Waals surface area contributed by atoms with E-state index in [0.717, 1.165) is 38.2 Å². The molecule has 0 saturated carbocycles. The highest BCUT2D eigenvalue weighted by Gasteiger charge is 2.30. The van der Waals surface area contributed by atoms with Gasteiger partial charge in [-0.25, -0.2) is 4.63 Å². The minimum Gasteiger partial charge on any atom is -0.382 e. The van der Waals surface area contributed by atoms with Gasteiger partial charge in [0.05, 0.1) is 10.6 Å². The molecule has 0 bridgehead atoms. The van der Waals surface area contributed by atoms with E-state index in [1.54, 1.807) is 0 Å². The third kappa shape index (κ3) is 3.65. The molecule has 0 amide bonds. The lowest BCUT2D eigenvalue weighted by Gasteiger charge is -2.32. The fourth-order valence-corrected chi connectivity index (χ4v) is 3.13. The molecule has 9 heteroatoms. The van der Waals surface area contributed by atoms with E-state index in [1.165, 1.54) is 0 Å². The van der Waals surface area contributed by atoms with E-state index < -0.39 is 0 Å². The maximum absolute atomic E-state index is 11.7. The quantitative estimate of drug-likeness (QED) is 0.627. The van der Waals surface area contributed by atoms with Gasteiger partial charge in [0.25, 0.3) is 0 Å². The molecule has 25 heavy (non-hydrogen) atoms. The van der Waals surface area contributed by atoms with E-state index in [1.807, 2.05) is 20.2 Å². The van der Waals surface area contributed by atoms with E-state index in [4.69, 9.17) is 4.63 Å². The van der Waals surface area contributed by atoms with Gasteiger partial charge >= 0.3 is 5.69 Å². The Bertz CT molecular complexity index is 752. The van der Waals surface area contributed by atoms with Crippen LogP contribution in [0.2, 0.25) is 0 Å². The fourth-order valence-electron chi connectivity index (χ4n) is 3.13. The summed E-state index contributed by atoms with van der Waals surface area (Å²) in [5.74, 6) is 0.644. The number of nitrogens with zero attached hydrogens (tertiary/aromatic N) is 5. The number of fused-ring (bicyclic) bond motifs is 1. The molecule has 3 rings (SSSR count). The zero-order chi connectivity index (χ0) is 18.0. The largest absolute Gasteiger partial charge is 0.382 e. The van der Waals surface area contributed by atoms with Gasteiger partial charge < -0.3 is 15.1 Å². The molecule has 136 valence electrons. The molecule has 0 radical (unpaired) electrons. The van der Waals surface area contributed by atoms with Crippen LogP contribution in [0, 0.1) is 16.0 Å². The number of aromatic nitrogens is 2. The molecule has 0 unspecified atom stereocenters. The lowest BCUT2D eigenvalue weighted by atomic mass is 9.98. The SMILES string of the molecule is CC1CCN(c2cc(NCCN(C)C)c3nonc3c2[N+](=O)[O-])CC1. The highest BCUT2D eigenvalue weighted by atomic mass is 16.6. The molecule has 2 aromatic rings. The van der Waals surface area contributed by atoms with Gasteiger partial charge in [-0.1, -0.05) is 6.92 Å². The average molecular weight is 348 g/mol. The van der Waals surface area contributed by atoms with Crippen LogP contribution in [0.3, 0.4) is 0 Å². The second-order valence-electron chi connectivity index (χ2n) is 6.91. The van der Waals surface area contributed by atoms with Gasteiger partial charge in [-0.2, -0.15) is 0 Å². The zero-order valence-electron chi connectivity index (χ0n) is 14.9. The van der Waals surface area contributed by atoms with Gasteiger partial charge in [0.1, 0.15) is 5.69 Å². The second kappa shape index (κ2) is 7.22. The summed E-state index contributed by atoms with van der Waals surface area (Å²) in [6.45, 7) is 5.35. The molecule has 0 aliphatic carbocycles. The van der Waals surface area contributed by atoms with E-state index in [9.17, 15) is 10.1 Å². The number of nitro benzene ring substituents is 1. The summed E-state index contributed by atoms with van der Waals surface area (Å²) in [4.78, 5) is 15.4. The highest BCUT2D eigenvalue weighted by molar-refractivity contribution is 5.99. The van der Waals surface area contributed by atoms with Crippen molar-refractivity contribution >= 4 is 28.1 Å². The van der Waals surface area contributed by atoms with Crippen LogP contribution in [-0.4, -0.2) is 60.4 Å². The predicted molar refractivity (Wildman–Crippen MR) is 96.1 cm³/mol. The minimum absolute atomic E-state index is 0.0241. The molecule has 2 heterocycles. The molecule has 1 aromatic carbocycles. The number of rotatable bonds is 6. The summed E-state index contributed by atoms with van der Waals surface area (Å²) in [6, 6.07) is 1.82. The van der Waals surface area contributed by atoms with Crippen LogP contribution in [0.5, 0.6) is 0 Å². The van der Waals surface area contributed by atoms with E-state index in [0.29, 0.717) is 23.7 Å². The summed E-state index contributed by atoms with van der Waals surface area (Å²) in [7, 11) is 3.98. The maximum atomic E-state index is 11.7. The Labute approximate surface area is 146 Å². The third-order valence-corrected chi connectivity index (χ3v) is 4.67. The molecular weight excluding hydrogens is 324 g/mol. The van der Waals surface area contributed by atoms with Crippen molar-refractivity contribution in [3.05, 3.63) is 16.2 Å². The molecule has 1 fully saturated rings. The molecule has 9 nitrogen and oxygen atoms in total. The second-order valence-corrected chi connectivity index (χ2v) is 6.91. The minimum atomic E-state index is -0.385. The standard InChI is InChI=1S/C16H24N6O3/c1-11-4-7-21(8-5-11)13-10-12(17-6-9-20(2)3)14-15(19-25-18-14)16(13)22(23)24/h10-11,17H,4-9H2,1-3H3. The molecule has 1 N–H and O–H groups in total. The van der Waals surface area contributed by atoms with Gasteiger partial charge in [-0.3, -0.25) is 10.1 Å². The van der Waals surface area contributed by atoms with Gasteiger partial charge in [-0.05, 0) is 49.2 Å². The van der Waals surface area contributed by atoms with Crippen LogP contribution in [0.4, 0.5) is 17.1 Å². The van der Waals surface area contributed by atoms with Crippen LogP contribution in [-0.2, 0) is 0 Å². The summed E-state index contributed by atoms with van der Waals surface area (Å²) in [5, 5.41) is 22.7. The number of hydrogen-bond donors (Lipinski definition) is 1. The zero-order valence-corrected chi connectivity index (χ0v) is 14.9. The molecular formula is C16H24N6O3. The lowest BCUT2D eigenvalue weighted by molar-refractivity contribution is -0.382. The Morgan fingerprint density at radius 1 is 1.36 bits per heavy atom. The normalized spacial score (nSPS) is 15.9. The monoisotopic (exact) mass is 348 g/mol. The van der Waals surface area contributed by atoms with Gasteiger partial charge in [0.2, 0.25) is 5.52 Å². The van der Waals surface area contributed by atoms with Crippen molar-refractivity contribution < 1.29 is 9.55 Å². The summed E-state index contributed by atoms with van der Waals surface area (Å²) in [5.41, 5.74) is 1.89. The first-order valence-electron chi connectivity index (χ1n) is 8.54. The van der Waals surface area contributed by atoms with Gasteiger partial charge in [0, 0.05) is 26.2 Å². The van der Waals surface area contributed by atoms with Crippen molar-refractivity contribution in [2.24, 2.45) is 5.92 Å². The number of piperidine rings is 1. The summed E-state index contributed by atoms with van der Waals surface area (Å²) < 4.78 is 4.81. The molecule has 0 atom stereocenters. The number of likely N-dealkylation sites (N-methyl/N-ethyl adjacent to an activating group) is 1. The van der Waals surface area contributed by atoms with Gasteiger partial charge in [-0.15, -0.1) is 0 Å². The first-order chi connectivity index (χ1) is 12.0. The Morgan fingerprint density at radius 2 is 2.04 bits per heavy atom. The van der Waals surface area contributed by atoms with Crippen molar-refractivity contribution in [2.75, 3.05) is 50.5 Å². The van der Waals surface area contributed by atoms with Crippen LogP contribution in [0.1, 0.15) is 19.8 Å². The fraction of sp³-hybridized carbons (Fsp3) is 0.625. The first-order valence-corrected chi connectivity index (χ1v) is 8.54.